The van der Waals surface area contributed by atoms with Crippen molar-refractivity contribution in [3.8, 4) is 0 Å². The molecule has 2 fully saturated rings. The molecule has 0 unspecified atom stereocenters. The maximum absolute atomic E-state index is 11.6. The molecular weight excluding hydrogens is 286 g/mol. The third-order valence-electron chi connectivity index (χ3n) is 4.59. The highest BCUT2D eigenvalue weighted by Gasteiger charge is 2.30. The summed E-state index contributed by atoms with van der Waals surface area (Å²) in [6.07, 6.45) is 4.36. The zero-order chi connectivity index (χ0) is 14.8. The van der Waals surface area contributed by atoms with Gasteiger partial charge in [-0.15, -0.1) is 0 Å². The molecule has 1 atom stereocenters. The summed E-state index contributed by atoms with van der Waals surface area (Å²) in [4.78, 5) is 16.1. The predicted octanol–water partition coefficient (Wildman–Crippen LogP) is 2.39. The van der Waals surface area contributed by atoms with E-state index in [1.54, 1.807) is 0 Å². The highest BCUT2D eigenvalue weighted by Crippen LogP contribution is 2.32. The molecule has 3 rings (SSSR count). The summed E-state index contributed by atoms with van der Waals surface area (Å²) in [6, 6.07) is 5.94. The van der Waals surface area contributed by atoms with Gasteiger partial charge in [-0.25, -0.2) is 0 Å². The minimum atomic E-state index is -0.220. The minimum Gasteiger partial charge on any atom is -0.371 e. The first-order valence-electron chi connectivity index (χ1n) is 7.72. The lowest BCUT2D eigenvalue weighted by molar-refractivity contribution is -0.122. The number of hydrogen-bond acceptors (Lipinski definition) is 3. The van der Waals surface area contributed by atoms with Gasteiger partial charge < -0.3 is 10.6 Å². The number of rotatable bonds is 4. The van der Waals surface area contributed by atoms with Gasteiger partial charge >= 0.3 is 0 Å². The van der Waals surface area contributed by atoms with Crippen LogP contribution in [0.15, 0.2) is 18.2 Å². The monoisotopic (exact) mass is 307 g/mol. The van der Waals surface area contributed by atoms with Crippen LogP contribution in [0.4, 0.5) is 5.69 Å². The maximum Gasteiger partial charge on any atom is 0.234 e. The van der Waals surface area contributed by atoms with E-state index in [9.17, 15) is 4.79 Å². The van der Waals surface area contributed by atoms with Crippen LogP contribution < -0.4 is 10.6 Å². The van der Waals surface area contributed by atoms with Crippen molar-refractivity contribution in [2.24, 2.45) is 5.73 Å². The third kappa shape index (κ3) is 3.01. The summed E-state index contributed by atoms with van der Waals surface area (Å²) in [5, 5.41) is 0.787. The Hall–Kier alpha value is -1.26. The van der Waals surface area contributed by atoms with Crippen molar-refractivity contribution >= 4 is 23.2 Å². The molecule has 4 nitrogen and oxygen atoms in total. The quantitative estimate of drug-likeness (QED) is 0.929. The normalized spacial score (nSPS) is 22.9. The molecule has 2 aliphatic rings. The van der Waals surface area contributed by atoms with E-state index in [1.807, 2.05) is 12.1 Å². The number of anilines is 1. The minimum absolute atomic E-state index is 0.146. The van der Waals surface area contributed by atoms with Crippen LogP contribution in [-0.2, 0) is 11.3 Å². The molecular formula is C16H22ClN3O. The molecule has 114 valence electrons. The van der Waals surface area contributed by atoms with Gasteiger partial charge in [-0.05, 0) is 44.4 Å². The van der Waals surface area contributed by atoms with Gasteiger partial charge in [0.25, 0.3) is 0 Å². The fourth-order valence-electron chi connectivity index (χ4n) is 3.50. The Kier molecular flexibility index (Phi) is 4.36. The van der Waals surface area contributed by atoms with Gasteiger partial charge in [0.1, 0.15) is 0 Å². The zero-order valence-electron chi connectivity index (χ0n) is 12.2. The van der Waals surface area contributed by atoms with E-state index < -0.39 is 0 Å². The van der Waals surface area contributed by atoms with E-state index >= 15 is 0 Å². The van der Waals surface area contributed by atoms with Gasteiger partial charge in [-0.3, -0.25) is 9.69 Å². The Morgan fingerprint density at radius 2 is 2.00 bits per heavy atom. The molecule has 21 heavy (non-hydrogen) atoms. The van der Waals surface area contributed by atoms with Gasteiger partial charge in [0.15, 0.2) is 0 Å². The van der Waals surface area contributed by atoms with Crippen LogP contribution in [0.2, 0.25) is 5.02 Å². The number of halogens is 1. The van der Waals surface area contributed by atoms with E-state index in [2.05, 4.69) is 15.9 Å². The second kappa shape index (κ2) is 6.24. The Bertz CT molecular complexity index is 528. The SMILES string of the molecule is NC(=O)[C@H]1CCCN1Cc1c(Cl)cccc1N1CCCC1. The molecule has 0 spiro atoms. The number of benzene rings is 1. The summed E-state index contributed by atoms with van der Waals surface area (Å²) in [7, 11) is 0. The zero-order valence-corrected chi connectivity index (χ0v) is 13.0. The fourth-order valence-corrected chi connectivity index (χ4v) is 3.73. The van der Waals surface area contributed by atoms with E-state index in [0.29, 0.717) is 6.54 Å². The van der Waals surface area contributed by atoms with Crippen LogP contribution in [0.1, 0.15) is 31.2 Å². The van der Waals surface area contributed by atoms with Crippen molar-refractivity contribution in [1.82, 2.24) is 4.90 Å². The first-order valence-corrected chi connectivity index (χ1v) is 8.10. The standard InChI is InChI=1S/C16H22ClN3O/c17-13-5-3-6-14(19-8-1-2-9-19)12(13)11-20-10-4-7-15(20)16(18)21/h3,5-6,15H,1-2,4,7-11H2,(H2,18,21)/t15-/m1/s1. The number of nitrogens with two attached hydrogens (primary N) is 1. The van der Waals surface area contributed by atoms with Crippen LogP contribution in [0, 0.1) is 0 Å². The molecule has 1 amide bonds. The Morgan fingerprint density at radius 3 is 2.71 bits per heavy atom. The van der Waals surface area contributed by atoms with Crippen LogP contribution in [-0.4, -0.2) is 36.5 Å². The summed E-state index contributed by atoms with van der Waals surface area (Å²) in [5.74, 6) is -0.220. The maximum atomic E-state index is 11.6. The molecule has 5 heteroatoms. The Balaban J connectivity index is 1.85. The molecule has 2 N–H and O–H groups in total. The topological polar surface area (TPSA) is 49.6 Å². The van der Waals surface area contributed by atoms with Crippen molar-refractivity contribution in [2.45, 2.75) is 38.3 Å². The van der Waals surface area contributed by atoms with Crippen molar-refractivity contribution in [3.63, 3.8) is 0 Å². The summed E-state index contributed by atoms with van der Waals surface area (Å²) in [6.45, 7) is 3.80. The molecule has 0 bridgehead atoms. The Morgan fingerprint density at radius 1 is 1.24 bits per heavy atom. The number of carbonyl (C=O) groups is 1. The molecule has 2 heterocycles. The van der Waals surface area contributed by atoms with Crippen LogP contribution >= 0.6 is 11.6 Å². The fraction of sp³-hybridized carbons (Fsp3) is 0.562. The van der Waals surface area contributed by atoms with Crippen LogP contribution in [0.3, 0.4) is 0 Å². The lowest BCUT2D eigenvalue weighted by Crippen LogP contribution is -2.40. The first-order chi connectivity index (χ1) is 10.2. The van der Waals surface area contributed by atoms with Crippen molar-refractivity contribution in [1.29, 1.82) is 0 Å². The van der Waals surface area contributed by atoms with Crippen molar-refractivity contribution < 1.29 is 4.79 Å². The molecule has 2 saturated heterocycles. The number of nitrogens with zero attached hydrogens (tertiary/aromatic N) is 2. The average molecular weight is 308 g/mol. The van der Waals surface area contributed by atoms with E-state index in [0.717, 1.165) is 43.1 Å². The number of likely N-dealkylation sites (tertiary alicyclic amines) is 1. The highest BCUT2D eigenvalue weighted by molar-refractivity contribution is 6.31. The molecule has 0 saturated carbocycles. The number of carbonyl (C=O) groups excluding carboxylic acids is 1. The van der Waals surface area contributed by atoms with Gasteiger partial charge in [-0.1, -0.05) is 17.7 Å². The van der Waals surface area contributed by atoms with E-state index in [4.69, 9.17) is 17.3 Å². The van der Waals surface area contributed by atoms with E-state index in [-0.39, 0.29) is 11.9 Å². The summed E-state index contributed by atoms with van der Waals surface area (Å²) < 4.78 is 0. The summed E-state index contributed by atoms with van der Waals surface area (Å²) in [5.41, 5.74) is 7.87. The lowest BCUT2D eigenvalue weighted by Gasteiger charge is -2.27. The van der Waals surface area contributed by atoms with E-state index in [1.165, 1.54) is 18.5 Å². The average Bonchev–Trinajstić information content (AvgIpc) is 3.11. The number of amides is 1. The molecule has 1 aromatic rings. The third-order valence-corrected chi connectivity index (χ3v) is 4.95. The molecule has 0 radical (unpaired) electrons. The second-order valence-corrected chi connectivity index (χ2v) is 6.37. The van der Waals surface area contributed by atoms with Crippen LogP contribution in [0.5, 0.6) is 0 Å². The molecule has 2 aliphatic heterocycles. The highest BCUT2D eigenvalue weighted by atomic mass is 35.5. The molecule has 1 aromatic carbocycles. The number of primary amides is 1. The van der Waals surface area contributed by atoms with Gasteiger partial charge in [0.2, 0.25) is 5.91 Å². The second-order valence-electron chi connectivity index (χ2n) is 5.96. The largest absolute Gasteiger partial charge is 0.371 e. The Labute approximate surface area is 130 Å². The molecule has 0 aromatic heterocycles. The van der Waals surface area contributed by atoms with Crippen molar-refractivity contribution in [3.05, 3.63) is 28.8 Å². The number of hydrogen-bond donors (Lipinski definition) is 1. The van der Waals surface area contributed by atoms with Crippen molar-refractivity contribution in [2.75, 3.05) is 24.5 Å². The summed E-state index contributed by atoms with van der Waals surface area (Å²) >= 11 is 6.44. The van der Waals surface area contributed by atoms with Gasteiger partial charge in [0, 0.05) is 35.9 Å². The molecule has 0 aliphatic carbocycles. The predicted molar refractivity (Wildman–Crippen MR) is 85.5 cm³/mol. The smallest absolute Gasteiger partial charge is 0.234 e. The van der Waals surface area contributed by atoms with Gasteiger partial charge in [-0.2, -0.15) is 0 Å². The first kappa shape index (κ1) is 14.7. The van der Waals surface area contributed by atoms with Gasteiger partial charge in [0.05, 0.1) is 6.04 Å². The van der Waals surface area contributed by atoms with Crippen LogP contribution in [0.25, 0.3) is 0 Å². The lowest BCUT2D eigenvalue weighted by atomic mass is 10.1.